The molecule has 2 N–H and O–H groups in total. The number of fused-ring (bicyclic) bond motifs is 1. The number of nitrogens with two attached hydrogens (primary N) is 1. The van der Waals surface area contributed by atoms with Crippen LogP contribution in [-0.2, 0) is 0 Å². The van der Waals surface area contributed by atoms with Gasteiger partial charge in [-0.3, -0.25) is 0 Å². The molecule has 3 heterocycles. The Kier molecular flexibility index (Phi) is 4.22. The molecular weight excluding hydrogens is 371 g/mol. The van der Waals surface area contributed by atoms with Gasteiger partial charge in [-0.1, -0.05) is 0 Å². The fraction of sp³-hybridized carbons (Fsp3) is 0.579. The fourth-order valence-electron chi connectivity index (χ4n) is 4.51. The second kappa shape index (κ2) is 6.65. The number of hydrogen-bond donors (Lipinski definition) is 1. The zero-order valence-corrected chi connectivity index (χ0v) is 15.3. The highest BCUT2D eigenvalue weighted by Gasteiger charge is 2.57. The van der Waals surface area contributed by atoms with E-state index in [1.807, 2.05) is 6.20 Å². The van der Waals surface area contributed by atoms with Crippen LogP contribution in [-0.4, -0.2) is 52.4 Å². The van der Waals surface area contributed by atoms with E-state index in [2.05, 4.69) is 19.2 Å². The van der Waals surface area contributed by atoms with E-state index in [0.29, 0.717) is 41.6 Å². The minimum atomic E-state index is -2.96. The monoisotopic (exact) mass is 393 g/mol. The maximum absolute atomic E-state index is 12.6. The summed E-state index contributed by atoms with van der Waals surface area (Å²) in [4.78, 5) is 11.0. The molecule has 1 aliphatic heterocycles. The van der Waals surface area contributed by atoms with Crippen LogP contribution in [0.3, 0.4) is 0 Å². The van der Waals surface area contributed by atoms with Crippen molar-refractivity contribution in [1.29, 1.82) is 0 Å². The van der Waals surface area contributed by atoms with Gasteiger partial charge in [0.25, 0.3) is 0 Å². The molecule has 150 valence electrons. The first-order chi connectivity index (χ1) is 13.5. The zero-order valence-electron chi connectivity index (χ0n) is 15.3. The molecule has 2 aromatic rings. The number of anilines is 1. The second-order valence-corrected chi connectivity index (χ2v) is 7.92. The summed E-state index contributed by atoms with van der Waals surface area (Å²) < 4.78 is 44.5. The van der Waals surface area contributed by atoms with Crippen LogP contribution in [0.4, 0.5) is 19.0 Å². The summed E-state index contributed by atoms with van der Waals surface area (Å²) in [5.41, 5.74) is 6.94. The van der Waals surface area contributed by atoms with E-state index in [-0.39, 0.29) is 18.2 Å². The van der Waals surface area contributed by atoms with Gasteiger partial charge in [-0.05, 0) is 30.7 Å². The number of piperidine rings is 1. The first-order valence-electron chi connectivity index (χ1n) is 9.63. The highest BCUT2D eigenvalue weighted by molar-refractivity contribution is 5.64. The molecule has 5 rings (SSSR count). The topological polar surface area (TPSA) is 69.2 Å². The lowest BCUT2D eigenvalue weighted by Gasteiger charge is -2.18. The van der Waals surface area contributed by atoms with Crippen molar-refractivity contribution in [2.45, 2.75) is 31.4 Å². The van der Waals surface area contributed by atoms with Crippen LogP contribution in [0.5, 0.6) is 5.75 Å². The quantitative estimate of drug-likeness (QED) is 0.783. The third-order valence-corrected chi connectivity index (χ3v) is 6.04. The number of aromatic nitrogens is 3. The van der Waals surface area contributed by atoms with Gasteiger partial charge in [-0.25, -0.2) is 14.4 Å². The van der Waals surface area contributed by atoms with Gasteiger partial charge in [0.05, 0.1) is 5.69 Å². The summed E-state index contributed by atoms with van der Waals surface area (Å²) in [6, 6.07) is 1.86. The number of halogens is 3. The number of ether oxygens (including phenoxy) is 1. The highest BCUT2D eigenvalue weighted by atomic mass is 19.3. The standard InChI is InChI=1S/C19H22F3N5O/c20-3-4-26-7-12-13(8-26)16(12)27-9-14(25-18(27)10-1-2-10)11-5-15(28-19(21)22)17(23)24-6-11/h5-6,9-10,12-13,16,19H,1-4,7-8H2,(H2,23,24)/t12-,13+,16-. The third kappa shape index (κ3) is 3.11. The van der Waals surface area contributed by atoms with Crippen LogP contribution in [0.25, 0.3) is 11.3 Å². The molecule has 2 aliphatic carbocycles. The normalized spacial score (nSPS) is 26.6. The number of nitrogen functional groups attached to an aromatic ring is 1. The first-order valence-corrected chi connectivity index (χ1v) is 9.63. The van der Waals surface area contributed by atoms with Crippen LogP contribution < -0.4 is 10.5 Å². The minimum Gasteiger partial charge on any atom is -0.431 e. The lowest BCUT2D eigenvalue weighted by Crippen LogP contribution is -2.27. The summed E-state index contributed by atoms with van der Waals surface area (Å²) in [5, 5.41) is 0. The fourth-order valence-corrected chi connectivity index (χ4v) is 4.51. The van der Waals surface area contributed by atoms with Gasteiger partial charge in [0.2, 0.25) is 0 Å². The van der Waals surface area contributed by atoms with Gasteiger partial charge in [-0.2, -0.15) is 8.78 Å². The van der Waals surface area contributed by atoms with Gasteiger partial charge in [-0.15, -0.1) is 0 Å². The van der Waals surface area contributed by atoms with Crippen molar-refractivity contribution >= 4 is 5.82 Å². The van der Waals surface area contributed by atoms with Gasteiger partial charge in [0.15, 0.2) is 11.6 Å². The molecule has 0 aromatic carbocycles. The van der Waals surface area contributed by atoms with Crippen molar-refractivity contribution in [3.8, 4) is 17.0 Å². The van der Waals surface area contributed by atoms with Crippen LogP contribution in [0.2, 0.25) is 0 Å². The second-order valence-electron chi connectivity index (χ2n) is 7.92. The molecule has 0 bridgehead atoms. The average molecular weight is 393 g/mol. The van der Waals surface area contributed by atoms with Crippen molar-refractivity contribution in [2.75, 3.05) is 32.0 Å². The van der Waals surface area contributed by atoms with Crippen LogP contribution in [0, 0.1) is 11.8 Å². The van der Waals surface area contributed by atoms with Crippen LogP contribution in [0.15, 0.2) is 18.5 Å². The van der Waals surface area contributed by atoms with E-state index in [9.17, 15) is 13.2 Å². The Morgan fingerprint density at radius 3 is 2.64 bits per heavy atom. The molecule has 2 aromatic heterocycles. The van der Waals surface area contributed by atoms with E-state index in [0.717, 1.165) is 31.8 Å². The van der Waals surface area contributed by atoms with Crippen LogP contribution in [0.1, 0.15) is 30.6 Å². The Hall–Kier alpha value is -2.29. The molecule has 28 heavy (non-hydrogen) atoms. The largest absolute Gasteiger partial charge is 0.431 e. The Morgan fingerprint density at radius 2 is 2.00 bits per heavy atom. The number of imidazole rings is 1. The van der Waals surface area contributed by atoms with Crippen molar-refractivity contribution < 1.29 is 17.9 Å². The predicted molar refractivity (Wildman–Crippen MR) is 96.9 cm³/mol. The van der Waals surface area contributed by atoms with E-state index in [4.69, 9.17) is 10.7 Å². The van der Waals surface area contributed by atoms with E-state index in [1.165, 1.54) is 12.3 Å². The van der Waals surface area contributed by atoms with Gasteiger partial charge < -0.3 is 19.9 Å². The molecule has 6 nitrogen and oxygen atoms in total. The minimum absolute atomic E-state index is 0.0735. The van der Waals surface area contributed by atoms with Crippen LogP contribution >= 0.6 is 0 Å². The lowest BCUT2D eigenvalue weighted by atomic mass is 10.2. The highest BCUT2D eigenvalue weighted by Crippen LogP contribution is 2.57. The molecule has 1 saturated heterocycles. The van der Waals surface area contributed by atoms with E-state index < -0.39 is 6.61 Å². The maximum Gasteiger partial charge on any atom is 0.387 e. The average Bonchev–Trinajstić information content (AvgIpc) is 3.53. The Balaban J connectivity index is 1.42. The number of alkyl halides is 3. The smallest absolute Gasteiger partial charge is 0.387 e. The first kappa shape index (κ1) is 17.8. The molecule has 2 saturated carbocycles. The Morgan fingerprint density at radius 1 is 1.25 bits per heavy atom. The third-order valence-electron chi connectivity index (χ3n) is 6.04. The molecule has 3 fully saturated rings. The molecular formula is C19H22F3N5O. The van der Waals surface area contributed by atoms with Gasteiger partial charge in [0, 0.05) is 49.6 Å². The number of likely N-dealkylation sites (tertiary alicyclic amines) is 1. The van der Waals surface area contributed by atoms with E-state index >= 15 is 0 Å². The molecule has 3 aliphatic rings. The molecule has 0 amide bonds. The molecule has 0 radical (unpaired) electrons. The molecule has 3 atom stereocenters. The van der Waals surface area contributed by atoms with Gasteiger partial charge in [0.1, 0.15) is 12.5 Å². The lowest BCUT2D eigenvalue weighted by molar-refractivity contribution is -0.0494. The molecule has 9 heteroatoms. The van der Waals surface area contributed by atoms with E-state index in [1.54, 1.807) is 0 Å². The predicted octanol–water partition coefficient (Wildman–Crippen LogP) is 3.08. The number of hydrogen-bond acceptors (Lipinski definition) is 5. The summed E-state index contributed by atoms with van der Waals surface area (Å²) in [5.74, 6) is 2.37. The van der Waals surface area contributed by atoms with Crippen molar-refractivity contribution in [3.63, 3.8) is 0 Å². The zero-order chi connectivity index (χ0) is 19.4. The summed E-state index contributed by atoms with van der Waals surface area (Å²) in [6.07, 6.45) is 5.77. The van der Waals surface area contributed by atoms with Crippen molar-refractivity contribution in [2.24, 2.45) is 11.8 Å². The summed E-state index contributed by atoms with van der Waals surface area (Å²) >= 11 is 0. The number of nitrogens with zero attached hydrogens (tertiary/aromatic N) is 4. The Labute approximate surface area is 160 Å². The molecule has 0 unspecified atom stereocenters. The molecule has 0 spiro atoms. The summed E-state index contributed by atoms with van der Waals surface area (Å²) in [7, 11) is 0. The number of pyridine rings is 1. The Bertz CT molecular complexity index is 872. The number of rotatable bonds is 7. The maximum atomic E-state index is 12.6. The van der Waals surface area contributed by atoms with Gasteiger partial charge >= 0.3 is 6.61 Å². The van der Waals surface area contributed by atoms with Crippen molar-refractivity contribution in [1.82, 2.24) is 19.4 Å². The van der Waals surface area contributed by atoms with Crippen molar-refractivity contribution in [3.05, 3.63) is 24.3 Å². The summed E-state index contributed by atoms with van der Waals surface area (Å²) in [6.45, 7) is -0.912. The SMILES string of the molecule is Nc1ncc(-c2cn([C@@H]3[C@@H]4CN(CCF)C[C@@H]43)c(C3CC3)n2)cc1OC(F)F.